The second-order valence-electron chi connectivity index (χ2n) is 6.14. The van der Waals surface area contributed by atoms with Crippen molar-refractivity contribution >= 4 is 11.6 Å². The zero-order chi connectivity index (χ0) is 14.8. The summed E-state index contributed by atoms with van der Waals surface area (Å²) in [6, 6.07) is 6.78. The number of rotatable bonds is 6. The molecule has 0 aromatic heterocycles. The Hall–Kier alpha value is -1.35. The summed E-state index contributed by atoms with van der Waals surface area (Å²) in [7, 11) is 0. The number of carbonyl (C=O) groups excluding carboxylic acids is 1. The summed E-state index contributed by atoms with van der Waals surface area (Å²) in [5.74, 6) is 0.0956. The van der Waals surface area contributed by atoms with Crippen molar-refractivity contribution in [3.8, 4) is 0 Å². The van der Waals surface area contributed by atoms with Gasteiger partial charge in [0.15, 0.2) is 0 Å². The predicted molar refractivity (Wildman–Crippen MR) is 84.0 cm³/mol. The van der Waals surface area contributed by atoms with Crippen LogP contribution >= 0.6 is 0 Å². The van der Waals surface area contributed by atoms with Gasteiger partial charge in [0.25, 0.3) is 0 Å². The topological polar surface area (TPSA) is 41.1 Å². The number of unbranched alkanes of at least 4 members (excludes halogenated alkanes) is 1. The highest BCUT2D eigenvalue weighted by atomic mass is 16.2. The molecule has 0 spiro atoms. The molecule has 3 heteroatoms. The molecular formula is C17H26N2O. The molecule has 0 saturated carbocycles. The molecule has 0 bridgehead atoms. The zero-order valence-corrected chi connectivity index (χ0v) is 13.0. The first-order valence-corrected chi connectivity index (χ1v) is 7.70. The lowest BCUT2D eigenvalue weighted by atomic mass is 9.84. The maximum absolute atomic E-state index is 12.0. The Kier molecular flexibility index (Phi) is 4.48. The van der Waals surface area contributed by atoms with E-state index in [0.29, 0.717) is 6.04 Å². The first-order chi connectivity index (χ1) is 9.50. The summed E-state index contributed by atoms with van der Waals surface area (Å²) in [5.41, 5.74) is 2.96. The quantitative estimate of drug-likeness (QED) is 0.829. The Morgan fingerprint density at radius 2 is 2.05 bits per heavy atom. The van der Waals surface area contributed by atoms with Crippen LogP contribution in [0.1, 0.15) is 64.1 Å². The average Bonchev–Trinajstić information content (AvgIpc) is 2.65. The van der Waals surface area contributed by atoms with Gasteiger partial charge in [-0.05, 0) is 44.0 Å². The van der Waals surface area contributed by atoms with Crippen molar-refractivity contribution in [1.82, 2.24) is 5.32 Å². The summed E-state index contributed by atoms with van der Waals surface area (Å²) in [6.45, 7) is 9.31. The van der Waals surface area contributed by atoms with Gasteiger partial charge in [0.1, 0.15) is 0 Å². The minimum atomic E-state index is -0.424. The first kappa shape index (κ1) is 15.0. The molecular weight excluding hydrogens is 248 g/mol. The second-order valence-corrected chi connectivity index (χ2v) is 6.14. The van der Waals surface area contributed by atoms with Gasteiger partial charge in [0.05, 0.1) is 5.41 Å². The van der Waals surface area contributed by atoms with Crippen LogP contribution < -0.4 is 10.6 Å². The molecule has 20 heavy (non-hydrogen) atoms. The van der Waals surface area contributed by atoms with E-state index in [0.717, 1.165) is 24.2 Å². The van der Waals surface area contributed by atoms with Crippen LogP contribution in [0.15, 0.2) is 18.2 Å². The fourth-order valence-electron chi connectivity index (χ4n) is 2.85. The Labute approximate surface area is 122 Å². The van der Waals surface area contributed by atoms with Gasteiger partial charge < -0.3 is 10.6 Å². The number of nitrogens with one attached hydrogen (secondary N) is 2. The molecule has 2 N–H and O–H groups in total. The summed E-state index contributed by atoms with van der Waals surface area (Å²) in [6.07, 6.45) is 3.57. The largest absolute Gasteiger partial charge is 0.325 e. The van der Waals surface area contributed by atoms with E-state index in [1.807, 2.05) is 19.9 Å². The molecule has 1 unspecified atom stereocenters. The van der Waals surface area contributed by atoms with Gasteiger partial charge >= 0.3 is 0 Å². The van der Waals surface area contributed by atoms with Crippen molar-refractivity contribution < 1.29 is 4.79 Å². The molecule has 1 amide bonds. The van der Waals surface area contributed by atoms with E-state index in [2.05, 4.69) is 36.6 Å². The minimum Gasteiger partial charge on any atom is -0.325 e. The monoisotopic (exact) mass is 274 g/mol. The number of fused-ring (bicyclic) bond motifs is 1. The third kappa shape index (κ3) is 2.73. The van der Waals surface area contributed by atoms with Crippen molar-refractivity contribution in [1.29, 1.82) is 0 Å². The lowest BCUT2D eigenvalue weighted by Gasteiger charge is -2.21. The standard InChI is InChI=1S/C17H26N2O/c1-5-7-8-14(18-6-2)12-9-10-15-13(11-12)17(3,4)16(20)19-15/h9-11,14,18H,5-8H2,1-4H3,(H,19,20). The lowest BCUT2D eigenvalue weighted by molar-refractivity contribution is -0.119. The van der Waals surface area contributed by atoms with Crippen LogP contribution in [0.2, 0.25) is 0 Å². The maximum atomic E-state index is 12.0. The highest BCUT2D eigenvalue weighted by Gasteiger charge is 2.38. The number of amides is 1. The molecule has 0 saturated heterocycles. The third-order valence-corrected chi connectivity index (χ3v) is 4.23. The van der Waals surface area contributed by atoms with Crippen molar-refractivity contribution in [3.05, 3.63) is 29.3 Å². The van der Waals surface area contributed by atoms with Crippen LogP contribution in [0.25, 0.3) is 0 Å². The third-order valence-electron chi connectivity index (χ3n) is 4.23. The van der Waals surface area contributed by atoms with Gasteiger partial charge in [0.2, 0.25) is 5.91 Å². The van der Waals surface area contributed by atoms with Gasteiger partial charge in [-0.25, -0.2) is 0 Å². The highest BCUT2D eigenvalue weighted by Crippen LogP contribution is 2.39. The van der Waals surface area contributed by atoms with E-state index in [4.69, 9.17) is 0 Å². The van der Waals surface area contributed by atoms with Crippen LogP contribution in [0.5, 0.6) is 0 Å². The Morgan fingerprint density at radius 1 is 1.30 bits per heavy atom. The molecule has 110 valence electrons. The summed E-state index contributed by atoms with van der Waals surface area (Å²) in [4.78, 5) is 12.0. The van der Waals surface area contributed by atoms with Gasteiger partial charge in [-0.1, -0.05) is 38.8 Å². The zero-order valence-electron chi connectivity index (χ0n) is 13.0. The van der Waals surface area contributed by atoms with Crippen LogP contribution in [0, 0.1) is 0 Å². The van der Waals surface area contributed by atoms with Crippen LogP contribution in [-0.2, 0) is 10.2 Å². The van der Waals surface area contributed by atoms with E-state index >= 15 is 0 Å². The molecule has 1 aromatic carbocycles. The molecule has 0 aliphatic carbocycles. The van der Waals surface area contributed by atoms with Gasteiger partial charge in [0, 0.05) is 11.7 Å². The molecule has 0 radical (unpaired) electrons. The highest BCUT2D eigenvalue weighted by molar-refractivity contribution is 6.05. The molecule has 1 aliphatic rings. The van der Waals surface area contributed by atoms with Gasteiger partial charge in [-0.3, -0.25) is 4.79 Å². The SMILES string of the molecule is CCCCC(NCC)c1ccc2c(c1)C(C)(C)C(=O)N2. The Balaban J connectivity index is 2.30. The van der Waals surface area contributed by atoms with E-state index in [9.17, 15) is 4.79 Å². The Morgan fingerprint density at radius 3 is 2.70 bits per heavy atom. The summed E-state index contributed by atoms with van der Waals surface area (Å²) >= 11 is 0. The number of anilines is 1. The van der Waals surface area contributed by atoms with Crippen molar-refractivity contribution in [3.63, 3.8) is 0 Å². The maximum Gasteiger partial charge on any atom is 0.234 e. The average molecular weight is 274 g/mol. The van der Waals surface area contributed by atoms with E-state index in [1.165, 1.54) is 18.4 Å². The minimum absolute atomic E-state index is 0.0956. The van der Waals surface area contributed by atoms with E-state index in [-0.39, 0.29) is 5.91 Å². The number of carbonyl (C=O) groups is 1. The molecule has 1 aliphatic heterocycles. The molecule has 1 heterocycles. The van der Waals surface area contributed by atoms with Crippen molar-refractivity contribution in [2.45, 2.75) is 58.4 Å². The molecule has 1 atom stereocenters. The van der Waals surface area contributed by atoms with Gasteiger partial charge in [-0.2, -0.15) is 0 Å². The van der Waals surface area contributed by atoms with E-state index in [1.54, 1.807) is 0 Å². The van der Waals surface area contributed by atoms with Crippen LogP contribution in [-0.4, -0.2) is 12.5 Å². The number of hydrogen-bond donors (Lipinski definition) is 2. The molecule has 0 fully saturated rings. The fraction of sp³-hybridized carbons (Fsp3) is 0.588. The summed E-state index contributed by atoms with van der Waals surface area (Å²) < 4.78 is 0. The number of benzene rings is 1. The van der Waals surface area contributed by atoms with Crippen LogP contribution in [0.3, 0.4) is 0 Å². The first-order valence-electron chi connectivity index (χ1n) is 7.70. The molecule has 1 aromatic rings. The second kappa shape index (κ2) is 5.96. The fourth-order valence-corrected chi connectivity index (χ4v) is 2.85. The van der Waals surface area contributed by atoms with Crippen molar-refractivity contribution in [2.75, 3.05) is 11.9 Å². The van der Waals surface area contributed by atoms with Crippen molar-refractivity contribution in [2.24, 2.45) is 0 Å². The predicted octanol–water partition coefficient (Wildman–Crippen LogP) is 3.76. The number of hydrogen-bond acceptors (Lipinski definition) is 2. The molecule has 2 rings (SSSR count). The Bertz CT molecular complexity index is 494. The molecule has 3 nitrogen and oxygen atoms in total. The summed E-state index contributed by atoms with van der Waals surface area (Å²) in [5, 5.41) is 6.53. The normalized spacial score (nSPS) is 17.7. The lowest BCUT2D eigenvalue weighted by Crippen LogP contribution is -2.27. The smallest absolute Gasteiger partial charge is 0.234 e. The van der Waals surface area contributed by atoms with Gasteiger partial charge in [-0.15, -0.1) is 0 Å². The van der Waals surface area contributed by atoms with Crippen LogP contribution in [0.4, 0.5) is 5.69 Å². The van der Waals surface area contributed by atoms with E-state index < -0.39 is 5.41 Å².